The number of benzene rings is 3. The number of fused-ring (bicyclic) bond motifs is 7. The first-order chi connectivity index (χ1) is 17.5. The van der Waals surface area contributed by atoms with Gasteiger partial charge in [-0.3, -0.25) is 9.69 Å². The number of nitrogens with zero attached hydrogens (tertiary/aromatic N) is 4. The highest BCUT2D eigenvalue weighted by atomic mass is 16.1. The predicted molar refractivity (Wildman–Crippen MR) is 142 cm³/mol. The molecule has 5 nitrogen and oxygen atoms in total. The van der Waals surface area contributed by atoms with Gasteiger partial charge in [0.05, 0.1) is 27.8 Å². The van der Waals surface area contributed by atoms with Gasteiger partial charge < -0.3 is 4.90 Å². The van der Waals surface area contributed by atoms with E-state index < -0.39 is 11.0 Å². The van der Waals surface area contributed by atoms with E-state index in [1.54, 1.807) is 0 Å². The van der Waals surface area contributed by atoms with E-state index in [4.69, 9.17) is 9.97 Å². The van der Waals surface area contributed by atoms with E-state index >= 15 is 0 Å². The molecule has 0 radical (unpaired) electrons. The van der Waals surface area contributed by atoms with E-state index in [9.17, 15) is 4.79 Å². The monoisotopic (exact) mass is 474 g/mol. The molecule has 180 valence electrons. The zero-order valence-corrected chi connectivity index (χ0v) is 21.0. The van der Waals surface area contributed by atoms with Crippen molar-refractivity contribution in [2.24, 2.45) is 5.41 Å². The zero-order chi connectivity index (χ0) is 24.7. The van der Waals surface area contributed by atoms with Crippen LogP contribution in [0.1, 0.15) is 34.7 Å². The van der Waals surface area contributed by atoms with Gasteiger partial charge in [0.25, 0.3) is 0 Å². The van der Waals surface area contributed by atoms with Crippen molar-refractivity contribution < 1.29 is 4.79 Å². The fourth-order valence-corrected chi connectivity index (χ4v) is 7.49. The average molecular weight is 475 g/mol. The molecule has 0 unspecified atom stereocenters. The molecule has 3 aromatic carbocycles. The predicted octanol–water partition coefficient (Wildman–Crippen LogP) is 4.78. The van der Waals surface area contributed by atoms with Crippen LogP contribution in [0.3, 0.4) is 0 Å². The van der Waals surface area contributed by atoms with Gasteiger partial charge in [-0.1, -0.05) is 66.2 Å². The molecule has 3 atom stereocenters. The van der Waals surface area contributed by atoms with Crippen LogP contribution in [-0.4, -0.2) is 59.3 Å². The summed E-state index contributed by atoms with van der Waals surface area (Å²) in [5, 5.41) is 0. The molecule has 3 aliphatic rings. The van der Waals surface area contributed by atoms with Gasteiger partial charge in [0, 0.05) is 37.5 Å². The number of hydrogen-bond acceptors (Lipinski definition) is 5. The van der Waals surface area contributed by atoms with Crippen LogP contribution in [0.15, 0.2) is 72.8 Å². The second-order valence-corrected chi connectivity index (χ2v) is 10.9. The van der Waals surface area contributed by atoms with Gasteiger partial charge in [-0.25, -0.2) is 9.97 Å². The topological polar surface area (TPSA) is 49.3 Å². The quantitative estimate of drug-likeness (QED) is 0.397. The zero-order valence-electron chi connectivity index (χ0n) is 21.0. The maximum Gasteiger partial charge on any atom is 0.144 e. The SMILES string of the molecule is Cc1ccc([C@@H]2CN(C)[C@@]3(c4ccccc4-c4nc5ccccc5nc43)[C@]23CN(C)CCC3=O)cc1. The summed E-state index contributed by atoms with van der Waals surface area (Å²) >= 11 is 0. The smallest absolute Gasteiger partial charge is 0.144 e. The average Bonchev–Trinajstić information content (AvgIpc) is 3.32. The van der Waals surface area contributed by atoms with Gasteiger partial charge in [-0.2, -0.15) is 0 Å². The van der Waals surface area contributed by atoms with Crippen LogP contribution in [0.5, 0.6) is 0 Å². The van der Waals surface area contributed by atoms with Crippen molar-refractivity contribution in [3.8, 4) is 11.3 Å². The van der Waals surface area contributed by atoms with E-state index in [1.165, 1.54) is 11.1 Å². The van der Waals surface area contributed by atoms with Crippen molar-refractivity contribution in [3.05, 3.63) is 95.2 Å². The Balaban J connectivity index is 1.60. The van der Waals surface area contributed by atoms with Crippen LogP contribution in [-0.2, 0) is 10.3 Å². The highest BCUT2D eigenvalue weighted by Gasteiger charge is 2.72. The molecule has 4 aromatic rings. The van der Waals surface area contributed by atoms with Crippen molar-refractivity contribution in [2.45, 2.75) is 24.8 Å². The summed E-state index contributed by atoms with van der Waals surface area (Å²) < 4.78 is 0. The van der Waals surface area contributed by atoms with Crippen LogP contribution in [0.4, 0.5) is 0 Å². The van der Waals surface area contributed by atoms with Gasteiger partial charge in [0.15, 0.2) is 0 Å². The summed E-state index contributed by atoms with van der Waals surface area (Å²) in [5.74, 6) is 0.388. The van der Waals surface area contributed by atoms with Gasteiger partial charge >= 0.3 is 0 Å². The number of carbonyl (C=O) groups excluding carboxylic acids is 1. The van der Waals surface area contributed by atoms with Crippen LogP contribution >= 0.6 is 0 Å². The molecule has 0 saturated carbocycles. The Labute approximate surface area is 211 Å². The normalized spacial score (nSPS) is 27.8. The molecule has 2 aliphatic heterocycles. The number of Topliss-reactive ketones (excluding diaryl/α,β-unsaturated/α-hetero) is 1. The first-order valence-corrected chi connectivity index (χ1v) is 12.8. The van der Waals surface area contributed by atoms with E-state index in [0.717, 1.165) is 46.6 Å². The number of hydrogen-bond donors (Lipinski definition) is 0. The van der Waals surface area contributed by atoms with Crippen LogP contribution in [0, 0.1) is 12.3 Å². The Bertz CT molecular complexity index is 1530. The number of piperidine rings is 1. The van der Waals surface area contributed by atoms with Crippen LogP contribution in [0.2, 0.25) is 0 Å². The number of aromatic nitrogens is 2. The molecule has 2 fully saturated rings. The minimum absolute atomic E-state index is 0.0469. The third-order valence-corrected chi connectivity index (χ3v) is 8.97. The molecule has 0 N–H and O–H groups in total. The van der Waals surface area contributed by atoms with Gasteiger partial charge in [0.1, 0.15) is 11.3 Å². The molecule has 2 saturated heterocycles. The number of aryl methyl sites for hydroxylation is 1. The number of carbonyl (C=O) groups is 1. The fraction of sp³-hybridized carbons (Fsp3) is 0.323. The molecular weight excluding hydrogens is 444 g/mol. The minimum atomic E-state index is -0.683. The largest absolute Gasteiger partial charge is 0.305 e. The molecule has 0 bridgehead atoms. The van der Waals surface area contributed by atoms with Crippen molar-refractivity contribution in [1.82, 2.24) is 19.8 Å². The molecule has 2 spiro atoms. The molecule has 3 heterocycles. The number of likely N-dealkylation sites (N-methyl/N-ethyl adjacent to an activating group) is 1. The lowest BCUT2D eigenvalue weighted by Crippen LogP contribution is -2.62. The van der Waals surface area contributed by atoms with Crippen molar-refractivity contribution in [3.63, 3.8) is 0 Å². The summed E-state index contributed by atoms with van der Waals surface area (Å²) in [6, 6.07) is 25.4. The molecule has 0 amide bonds. The maximum absolute atomic E-state index is 14.5. The Kier molecular flexibility index (Phi) is 4.58. The second-order valence-electron chi connectivity index (χ2n) is 10.9. The lowest BCUT2D eigenvalue weighted by molar-refractivity contribution is -0.140. The summed E-state index contributed by atoms with van der Waals surface area (Å²) in [7, 11) is 4.33. The first-order valence-electron chi connectivity index (χ1n) is 12.8. The number of rotatable bonds is 1. The lowest BCUT2D eigenvalue weighted by Gasteiger charge is -2.51. The Morgan fingerprint density at radius 3 is 2.36 bits per heavy atom. The van der Waals surface area contributed by atoms with E-state index in [0.29, 0.717) is 18.7 Å². The molecule has 1 aliphatic carbocycles. The summed E-state index contributed by atoms with van der Waals surface area (Å²) in [4.78, 5) is 29.8. The first kappa shape index (κ1) is 21.8. The Morgan fingerprint density at radius 2 is 1.58 bits per heavy atom. The molecule has 1 aromatic heterocycles. The third kappa shape index (κ3) is 2.60. The van der Waals surface area contributed by atoms with E-state index in [2.05, 4.69) is 79.3 Å². The number of para-hydroxylation sites is 2. The molecule has 7 rings (SSSR count). The van der Waals surface area contributed by atoms with Crippen molar-refractivity contribution >= 4 is 16.8 Å². The van der Waals surface area contributed by atoms with Crippen LogP contribution < -0.4 is 0 Å². The second kappa shape index (κ2) is 7.55. The number of likely N-dealkylation sites (tertiary alicyclic amines) is 2. The van der Waals surface area contributed by atoms with Gasteiger partial charge in [-0.15, -0.1) is 0 Å². The fourth-order valence-electron chi connectivity index (χ4n) is 7.49. The maximum atomic E-state index is 14.5. The lowest BCUT2D eigenvalue weighted by atomic mass is 9.56. The summed E-state index contributed by atoms with van der Waals surface area (Å²) in [6.45, 7) is 4.38. The van der Waals surface area contributed by atoms with Gasteiger partial charge in [0.2, 0.25) is 0 Å². The van der Waals surface area contributed by atoms with Crippen LogP contribution in [0.25, 0.3) is 22.3 Å². The standard InChI is InChI=1S/C31H30N4O/c1-20-12-14-21(15-13-20)24-18-35(3)31(30(24)19-34(2)17-16-27(30)36)23-9-5-4-8-22(23)28-29(31)33-26-11-7-6-10-25(26)32-28/h4-15,24H,16-19H2,1-3H3/t24-,30+,31+/m0/s1. The molecule has 36 heavy (non-hydrogen) atoms. The van der Waals surface area contributed by atoms with E-state index in [1.807, 2.05) is 24.3 Å². The third-order valence-electron chi connectivity index (χ3n) is 8.97. The van der Waals surface area contributed by atoms with Crippen molar-refractivity contribution in [1.29, 1.82) is 0 Å². The Morgan fingerprint density at radius 1 is 0.889 bits per heavy atom. The summed E-state index contributed by atoms with van der Waals surface area (Å²) in [5.41, 5.74) is 6.98. The van der Waals surface area contributed by atoms with Gasteiger partial charge in [-0.05, 0) is 44.3 Å². The van der Waals surface area contributed by atoms with E-state index in [-0.39, 0.29) is 5.92 Å². The Hall–Kier alpha value is -3.41. The molecule has 5 heteroatoms. The summed E-state index contributed by atoms with van der Waals surface area (Å²) in [6.07, 6.45) is 0.549. The minimum Gasteiger partial charge on any atom is -0.305 e. The number of ketones is 1. The van der Waals surface area contributed by atoms with Crippen molar-refractivity contribution in [2.75, 3.05) is 33.7 Å². The highest BCUT2D eigenvalue weighted by Crippen LogP contribution is 2.67. The molecular formula is C31H30N4O. The highest BCUT2D eigenvalue weighted by molar-refractivity contribution is 5.94.